The van der Waals surface area contributed by atoms with E-state index in [0.717, 1.165) is 10.4 Å². The van der Waals surface area contributed by atoms with Crippen molar-refractivity contribution < 1.29 is 22.7 Å². The van der Waals surface area contributed by atoms with Gasteiger partial charge in [-0.3, -0.25) is 4.79 Å². The van der Waals surface area contributed by atoms with Gasteiger partial charge in [0.15, 0.2) is 6.61 Å². The zero-order valence-electron chi connectivity index (χ0n) is 14.1. The Labute approximate surface area is 147 Å². The summed E-state index contributed by atoms with van der Waals surface area (Å²) in [6.45, 7) is 4.21. The Morgan fingerprint density at radius 2 is 1.75 bits per heavy atom. The molecule has 0 aliphatic heterocycles. The van der Waals surface area contributed by atoms with E-state index in [-0.39, 0.29) is 21.4 Å². The number of likely N-dealkylation sites (N-methyl/N-ethyl adjacent to an activating group) is 1. The van der Waals surface area contributed by atoms with Gasteiger partial charge in [0.2, 0.25) is 10.0 Å². The fourth-order valence-electron chi connectivity index (χ4n) is 1.90. The molecule has 1 rings (SSSR count). The van der Waals surface area contributed by atoms with E-state index in [2.05, 4.69) is 0 Å². The van der Waals surface area contributed by atoms with Crippen molar-refractivity contribution in [3.63, 3.8) is 0 Å². The Morgan fingerprint density at radius 1 is 1.17 bits per heavy atom. The van der Waals surface area contributed by atoms with Gasteiger partial charge in [-0.2, -0.15) is 0 Å². The maximum absolute atomic E-state index is 12.1. The molecule has 0 unspecified atom stereocenters. The van der Waals surface area contributed by atoms with Crippen LogP contribution < -0.4 is 0 Å². The Bertz CT molecular complexity index is 715. The van der Waals surface area contributed by atoms with Crippen molar-refractivity contribution >= 4 is 33.5 Å². The highest BCUT2D eigenvalue weighted by atomic mass is 35.5. The van der Waals surface area contributed by atoms with Gasteiger partial charge in [0.25, 0.3) is 5.91 Å². The fraction of sp³-hybridized carbons (Fsp3) is 0.467. The number of nitrogens with zero attached hydrogens (tertiary/aromatic N) is 2. The van der Waals surface area contributed by atoms with E-state index in [4.69, 9.17) is 16.3 Å². The molecule has 0 spiro atoms. The van der Waals surface area contributed by atoms with Crippen LogP contribution >= 0.6 is 11.6 Å². The number of halogens is 1. The quantitative estimate of drug-likeness (QED) is 0.675. The van der Waals surface area contributed by atoms with Crippen LogP contribution in [0.4, 0.5) is 0 Å². The lowest BCUT2D eigenvalue weighted by Crippen LogP contribution is -2.34. The van der Waals surface area contributed by atoms with E-state index in [9.17, 15) is 18.0 Å². The lowest BCUT2D eigenvalue weighted by molar-refractivity contribution is -0.134. The lowest BCUT2D eigenvalue weighted by Gasteiger charge is -2.18. The molecule has 9 heteroatoms. The molecule has 0 aromatic heterocycles. The van der Waals surface area contributed by atoms with Crippen molar-refractivity contribution in [2.45, 2.75) is 18.7 Å². The van der Waals surface area contributed by atoms with Gasteiger partial charge in [-0.05, 0) is 32.0 Å². The average Bonchev–Trinajstić information content (AvgIpc) is 2.53. The molecule has 0 saturated heterocycles. The number of carbonyl (C=O) groups is 2. The highest BCUT2D eigenvalue weighted by Crippen LogP contribution is 2.22. The van der Waals surface area contributed by atoms with E-state index < -0.39 is 22.6 Å². The zero-order valence-corrected chi connectivity index (χ0v) is 15.6. The summed E-state index contributed by atoms with van der Waals surface area (Å²) in [5.41, 5.74) is -0.105. The average molecular weight is 377 g/mol. The van der Waals surface area contributed by atoms with Gasteiger partial charge < -0.3 is 9.64 Å². The molecule has 134 valence electrons. The molecule has 1 aromatic carbocycles. The van der Waals surface area contributed by atoms with Gasteiger partial charge in [0.05, 0.1) is 15.5 Å². The van der Waals surface area contributed by atoms with E-state index >= 15 is 0 Å². The minimum Gasteiger partial charge on any atom is -0.452 e. The standard InChI is InChI=1S/C15H21ClN2O5S/c1-5-18(6-2)14(19)10-23-15(20)12-9-11(7-8-13(12)16)24(21,22)17(3)4/h7-9H,5-6,10H2,1-4H3. The van der Waals surface area contributed by atoms with Crippen LogP contribution in [0.25, 0.3) is 0 Å². The summed E-state index contributed by atoms with van der Waals surface area (Å²) >= 11 is 5.95. The molecule has 0 bridgehead atoms. The molecular weight excluding hydrogens is 356 g/mol. The summed E-state index contributed by atoms with van der Waals surface area (Å²) < 4.78 is 30.2. The van der Waals surface area contributed by atoms with E-state index in [0.29, 0.717) is 13.1 Å². The van der Waals surface area contributed by atoms with Crippen molar-refractivity contribution in [3.05, 3.63) is 28.8 Å². The number of amides is 1. The van der Waals surface area contributed by atoms with Gasteiger partial charge in [-0.15, -0.1) is 0 Å². The SMILES string of the molecule is CCN(CC)C(=O)COC(=O)c1cc(S(=O)(=O)N(C)C)ccc1Cl. The molecule has 0 atom stereocenters. The van der Waals surface area contributed by atoms with Crippen LogP contribution in [0.5, 0.6) is 0 Å². The number of benzene rings is 1. The van der Waals surface area contributed by atoms with Crippen molar-refractivity contribution in [1.82, 2.24) is 9.21 Å². The number of sulfonamides is 1. The van der Waals surface area contributed by atoms with Crippen LogP contribution in [0.15, 0.2) is 23.1 Å². The van der Waals surface area contributed by atoms with E-state index in [1.807, 2.05) is 13.8 Å². The Kier molecular flexibility index (Phi) is 7.19. The smallest absolute Gasteiger partial charge is 0.340 e. The second-order valence-electron chi connectivity index (χ2n) is 5.07. The number of esters is 1. The molecular formula is C15H21ClN2O5S. The third-order valence-electron chi connectivity index (χ3n) is 3.38. The second-order valence-corrected chi connectivity index (χ2v) is 7.63. The molecule has 0 aliphatic carbocycles. The van der Waals surface area contributed by atoms with E-state index in [1.165, 1.54) is 31.1 Å². The largest absolute Gasteiger partial charge is 0.452 e. The summed E-state index contributed by atoms with van der Waals surface area (Å²) in [6.07, 6.45) is 0. The molecule has 1 aromatic rings. The highest BCUT2D eigenvalue weighted by molar-refractivity contribution is 7.89. The minimum absolute atomic E-state index is 0.0491. The Balaban J connectivity index is 2.98. The van der Waals surface area contributed by atoms with Crippen molar-refractivity contribution in [3.8, 4) is 0 Å². The van der Waals surface area contributed by atoms with Crippen LogP contribution in [-0.4, -0.2) is 63.3 Å². The molecule has 0 aliphatic rings. The monoisotopic (exact) mass is 376 g/mol. The first-order valence-electron chi connectivity index (χ1n) is 7.32. The third kappa shape index (κ3) is 4.68. The molecule has 0 fully saturated rings. The normalized spacial score (nSPS) is 11.4. The molecule has 0 heterocycles. The minimum atomic E-state index is -3.71. The third-order valence-corrected chi connectivity index (χ3v) is 5.52. The summed E-state index contributed by atoms with van der Waals surface area (Å²) in [6, 6.07) is 3.75. The van der Waals surface area contributed by atoms with Gasteiger partial charge in [-0.25, -0.2) is 17.5 Å². The number of hydrogen-bond acceptors (Lipinski definition) is 5. The second kappa shape index (κ2) is 8.46. The Morgan fingerprint density at radius 3 is 2.25 bits per heavy atom. The first-order chi connectivity index (χ1) is 11.1. The van der Waals surface area contributed by atoms with Crippen molar-refractivity contribution in [1.29, 1.82) is 0 Å². The summed E-state index contributed by atoms with van der Waals surface area (Å²) in [5.74, 6) is -1.18. The van der Waals surface area contributed by atoms with Gasteiger partial charge in [0.1, 0.15) is 0 Å². The molecule has 7 nitrogen and oxygen atoms in total. The number of ether oxygens (including phenoxy) is 1. The van der Waals surface area contributed by atoms with Crippen molar-refractivity contribution in [2.75, 3.05) is 33.8 Å². The predicted molar refractivity (Wildman–Crippen MR) is 90.5 cm³/mol. The molecule has 1 amide bonds. The van der Waals surface area contributed by atoms with Gasteiger partial charge in [-0.1, -0.05) is 11.6 Å². The first kappa shape index (κ1) is 20.4. The maximum Gasteiger partial charge on any atom is 0.340 e. The predicted octanol–water partition coefficient (Wildman–Crippen LogP) is 1.62. The molecule has 24 heavy (non-hydrogen) atoms. The summed E-state index contributed by atoms with van der Waals surface area (Å²) in [7, 11) is -0.951. The zero-order chi connectivity index (χ0) is 18.5. The summed E-state index contributed by atoms with van der Waals surface area (Å²) in [4.78, 5) is 25.4. The summed E-state index contributed by atoms with van der Waals surface area (Å²) in [5, 5.41) is 0.0491. The van der Waals surface area contributed by atoms with Gasteiger partial charge in [0, 0.05) is 27.2 Å². The molecule has 0 radical (unpaired) electrons. The van der Waals surface area contributed by atoms with E-state index in [1.54, 1.807) is 0 Å². The van der Waals surface area contributed by atoms with Gasteiger partial charge >= 0.3 is 5.97 Å². The Hall–Kier alpha value is -1.64. The number of rotatable bonds is 7. The highest BCUT2D eigenvalue weighted by Gasteiger charge is 2.22. The number of hydrogen-bond donors (Lipinski definition) is 0. The van der Waals surface area contributed by atoms with Crippen LogP contribution in [0, 0.1) is 0 Å². The van der Waals surface area contributed by atoms with Crippen LogP contribution in [-0.2, 0) is 19.6 Å². The van der Waals surface area contributed by atoms with Crippen LogP contribution in [0.1, 0.15) is 24.2 Å². The van der Waals surface area contributed by atoms with Crippen LogP contribution in [0.3, 0.4) is 0 Å². The number of carbonyl (C=O) groups excluding carboxylic acids is 2. The van der Waals surface area contributed by atoms with Crippen LogP contribution in [0.2, 0.25) is 5.02 Å². The molecule has 0 saturated carbocycles. The lowest BCUT2D eigenvalue weighted by atomic mass is 10.2. The molecule has 0 N–H and O–H groups in total. The first-order valence-corrected chi connectivity index (χ1v) is 9.13. The fourth-order valence-corrected chi connectivity index (χ4v) is 3.03. The maximum atomic E-state index is 12.1. The van der Waals surface area contributed by atoms with Crippen molar-refractivity contribution in [2.24, 2.45) is 0 Å². The topological polar surface area (TPSA) is 84.0 Å².